The topological polar surface area (TPSA) is 38.3 Å². The SMILES string of the molecule is O=C(OCc1ccccc1)[C@@H]1CC2C[C@H]2N1. The monoisotopic (exact) mass is 217 g/mol. The Bertz CT molecular complexity index is 380. The number of ether oxygens (including phenoxy) is 1. The van der Waals surface area contributed by atoms with Gasteiger partial charge in [0.25, 0.3) is 0 Å². The molecular weight excluding hydrogens is 202 g/mol. The first-order valence-electron chi connectivity index (χ1n) is 5.79. The average Bonchev–Trinajstić information content (AvgIpc) is 2.94. The molecule has 0 amide bonds. The maximum Gasteiger partial charge on any atom is 0.323 e. The second-order valence-corrected chi connectivity index (χ2v) is 4.65. The largest absolute Gasteiger partial charge is 0.460 e. The lowest BCUT2D eigenvalue weighted by molar-refractivity contribution is -0.147. The minimum absolute atomic E-state index is 0.0625. The molecule has 1 aliphatic heterocycles. The molecule has 2 aliphatic rings. The summed E-state index contributed by atoms with van der Waals surface area (Å²) in [7, 11) is 0. The minimum atomic E-state index is -0.101. The molecule has 16 heavy (non-hydrogen) atoms. The van der Waals surface area contributed by atoms with E-state index >= 15 is 0 Å². The van der Waals surface area contributed by atoms with Gasteiger partial charge in [-0.1, -0.05) is 30.3 Å². The van der Waals surface area contributed by atoms with Crippen molar-refractivity contribution in [3.05, 3.63) is 35.9 Å². The number of piperidine rings is 1. The molecule has 0 bridgehead atoms. The lowest BCUT2D eigenvalue weighted by Gasteiger charge is -2.12. The quantitative estimate of drug-likeness (QED) is 0.779. The zero-order valence-electron chi connectivity index (χ0n) is 9.06. The van der Waals surface area contributed by atoms with Gasteiger partial charge in [0.15, 0.2) is 0 Å². The average molecular weight is 217 g/mol. The van der Waals surface area contributed by atoms with Crippen LogP contribution in [-0.4, -0.2) is 18.1 Å². The second-order valence-electron chi connectivity index (χ2n) is 4.65. The van der Waals surface area contributed by atoms with Crippen LogP contribution in [0.1, 0.15) is 18.4 Å². The summed E-state index contributed by atoms with van der Waals surface area (Å²) in [6.45, 7) is 0.382. The zero-order chi connectivity index (χ0) is 11.0. The van der Waals surface area contributed by atoms with Gasteiger partial charge in [-0.05, 0) is 24.3 Å². The number of carbonyl (C=O) groups is 1. The second kappa shape index (κ2) is 3.91. The fourth-order valence-electron chi connectivity index (χ4n) is 2.33. The maximum absolute atomic E-state index is 11.7. The predicted octanol–water partition coefficient (Wildman–Crippen LogP) is 1.48. The molecule has 1 aromatic rings. The fourth-order valence-corrected chi connectivity index (χ4v) is 2.33. The summed E-state index contributed by atoms with van der Waals surface area (Å²) in [4.78, 5) is 11.7. The molecule has 84 valence electrons. The van der Waals surface area contributed by atoms with Crippen molar-refractivity contribution < 1.29 is 9.53 Å². The number of nitrogens with one attached hydrogen (secondary N) is 1. The van der Waals surface area contributed by atoms with Gasteiger partial charge < -0.3 is 10.1 Å². The van der Waals surface area contributed by atoms with Crippen LogP contribution in [0, 0.1) is 5.92 Å². The fraction of sp³-hybridized carbons (Fsp3) is 0.462. The summed E-state index contributed by atoms with van der Waals surface area (Å²) in [5, 5.41) is 3.29. The normalized spacial score (nSPS) is 30.9. The summed E-state index contributed by atoms with van der Waals surface area (Å²) in [5.74, 6) is 0.630. The van der Waals surface area contributed by atoms with Gasteiger partial charge in [0, 0.05) is 6.04 Å². The maximum atomic E-state index is 11.7. The van der Waals surface area contributed by atoms with Gasteiger partial charge in [0.2, 0.25) is 0 Å². The Morgan fingerprint density at radius 2 is 2.12 bits per heavy atom. The molecule has 0 aromatic heterocycles. The van der Waals surface area contributed by atoms with Crippen molar-refractivity contribution in [2.45, 2.75) is 31.5 Å². The molecule has 3 heteroatoms. The van der Waals surface area contributed by atoms with Crippen molar-refractivity contribution in [1.29, 1.82) is 0 Å². The van der Waals surface area contributed by atoms with E-state index in [-0.39, 0.29) is 12.0 Å². The van der Waals surface area contributed by atoms with E-state index in [1.54, 1.807) is 0 Å². The van der Waals surface area contributed by atoms with Crippen molar-refractivity contribution >= 4 is 5.97 Å². The zero-order valence-corrected chi connectivity index (χ0v) is 9.06. The van der Waals surface area contributed by atoms with E-state index in [9.17, 15) is 4.79 Å². The van der Waals surface area contributed by atoms with Crippen LogP contribution in [0.5, 0.6) is 0 Å². The van der Waals surface area contributed by atoms with Gasteiger partial charge in [-0.2, -0.15) is 0 Å². The van der Waals surface area contributed by atoms with Crippen LogP contribution in [0.4, 0.5) is 0 Å². The highest BCUT2D eigenvalue weighted by molar-refractivity contribution is 5.76. The van der Waals surface area contributed by atoms with Crippen LogP contribution < -0.4 is 5.32 Å². The van der Waals surface area contributed by atoms with Gasteiger partial charge in [0.05, 0.1) is 0 Å². The van der Waals surface area contributed by atoms with Crippen LogP contribution in [0.25, 0.3) is 0 Å². The number of fused-ring (bicyclic) bond motifs is 1. The van der Waals surface area contributed by atoms with Crippen molar-refractivity contribution in [1.82, 2.24) is 5.32 Å². The molecule has 0 spiro atoms. The molecule has 1 saturated heterocycles. The van der Waals surface area contributed by atoms with Crippen LogP contribution in [0.3, 0.4) is 0 Å². The van der Waals surface area contributed by atoms with E-state index in [4.69, 9.17) is 4.74 Å². The Labute approximate surface area is 94.8 Å². The molecule has 1 unspecified atom stereocenters. The first-order chi connectivity index (χ1) is 7.83. The van der Waals surface area contributed by atoms with Crippen molar-refractivity contribution in [2.75, 3.05) is 0 Å². The van der Waals surface area contributed by atoms with Gasteiger partial charge in [-0.3, -0.25) is 4.79 Å². The minimum Gasteiger partial charge on any atom is -0.460 e. The summed E-state index contributed by atoms with van der Waals surface area (Å²) in [6, 6.07) is 10.3. The van der Waals surface area contributed by atoms with E-state index in [0.29, 0.717) is 12.6 Å². The molecule has 3 nitrogen and oxygen atoms in total. The Morgan fingerprint density at radius 1 is 1.31 bits per heavy atom. The molecule has 0 radical (unpaired) electrons. The Kier molecular flexibility index (Phi) is 2.40. The highest BCUT2D eigenvalue weighted by Crippen LogP contribution is 2.40. The molecule has 1 heterocycles. The first kappa shape index (κ1) is 9.85. The number of benzene rings is 1. The molecule has 3 atom stereocenters. The Morgan fingerprint density at radius 3 is 2.81 bits per heavy atom. The Hall–Kier alpha value is -1.35. The highest BCUT2D eigenvalue weighted by Gasteiger charge is 2.48. The summed E-state index contributed by atoms with van der Waals surface area (Å²) < 4.78 is 5.28. The summed E-state index contributed by atoms with van der Waals surface area (Å²) in [6.07, 6.45) is 2.20. The van der Waals surface area contributed by atoms with E-state index in [1.807, 2.05) is 30.3 Å². The van der Waals surface area contributed by atoms with E-state index in [2.05, 4.69) is 5.32 Å². The Balaban J connectivity index is 1.50. The van der Waals surface area contributed by atoms with Crippen molar-refractivity contribution in [2.24, 2.45) is 5.92 Å². The van der Waals surface area contributed by atoms with Crippen LogP contribution in [0.2, 0.25) is 0 Å². The number of hydrogen-bond donors (Lipinski definition) is 1. The third-order valence-electron chi connectivity index (χ3n) is 3.38. The molecule has 1 aliphatic carbocycles. The van der Waals surface area contributed by atoms with E-state index in [0.717, 1.165) is 17.9 Å². The van der Waals surface area contributed by atoms with E-state index in [1.165, 1.54) is 6.42 Å². The molecule has 2 fully saturated rings. The number of hydrogen-bond acceptors (Lipinski definition) is 3. The van der Waals surface area contributed by atoms with Crippen LogP contribution in [-0.2, 0) is 16.1 Å². The molecule has 1 N–H and O–H groups in total. The number of esters is 1. The van der Waals surface area contributed by atoms with Crippen LogP contribution >= 0.6 is 0 Å². The predicted molar refractivity (Wildman–Crippen MR) is 59.7 cm³/mol. The third-order valence-corrected chi connectivity index (χ3v) is 3.38. The summed E-state index contributed by atoms with van der Waals surface area (Å²) in [5.41, 5.74) is 1.04. The molecule has 1 saturated carbocycles. The van der Waals surface area contributed by atoms with Gasteiger partial charge >= 0.3 is 5.97 Å². The van der Waals surface area contributed by atoms with Crippen molar-refractivity contribution in [3.8, 4) is 0 Å². The summed E-state index contributed by atoms with van der Waals surface area (Å²) >= 11 is 0. The standard InChI is InChI=1S/C13H15NO2/c15-13(12-7-10-6-11(10)14-12)16-8-9-4-2-1-3-5-9/h1-5,10-12,14H,6-8H2/t10?,11-,12+/m1/s1. The van der Waals surface area contributed by atoms with Crippen LogP contribution in [0.15, 0.2) is 30.3 Å². The lowest BCUT2D eigenvalue weighted by atomic mass is 10.2. The molecular formula is C13H15NO2. The number of carbonyl (C=O) groups excluding carboxylic acids is 1. The first-order valence-corrected chi connectivity index (χ1v) is 5.79. The number of rotatable bonds is 3. The smallest absolute Gasteiger partial charge is 0.323 e. The van der Waals surface area contributed by atoms with Gasteiger partial charge in [-0.25, -0.2) is 0 Å². The van der Waals surface area contributed by atoms with Crippen molar-refractivity contribution in [3.63, 3.8) is 0 Å². The molecule has 1 aromatic carbocycles. The highest BCUT2D eigenvalue weighted by atomic mass is 16.5. The van der Waals surface area contributed by atoms with Gasteiger partial charge in [-0.15, -0.1) is 0 Å². The third kappa shape index (κ3) is 1.95. The lowest BCUT2D eigenvalue weighted by Crippen LogP contribution is -2.35. The van der Waals surface area contributed by atoms with Gasteiger partial charge in [0.1, 0.15) is 12.6 Å². The van der Waals surface area contributed by atoms with E-state index < -0.39 is 0 Å². The molecule has 3 rings (SSSR count).